The van der Waals surface area contributed by atoms with Gasteiger partial charge in [0.2, 0.25) is 0 Å². The fraction of sp³-hybridized carbons (Fsp3) is 0.0469. The summed E-state index contributed by atoms with van der Waals surface area (Å²) >= 11 is 0. The van der Waals surface area contributed by atoms with E-state index in [1.54, 1.807) is 6.07 Å². The number of hydrogen-bond donors (Lipinski definition) is 0. The summed E-state index contributed by atoms with van der Waals surface area (Å²) in [6.07, 6.45) is 0. The predicted molar refractivity (Wildman–Crippen MR) is 292 cm³/mol. The van der Waals surface area contributed by atoms with Crippen LogP contribution in [0.1, 0.15) is 16.7 Å². The maximum absolute atomic E-state index is 14.8. The van der Waals surface area contributed by atoms with Gasteiger partial charge in [-0.15, -0.1) is 0 Å². The Morgan fingerprint density at radius 2 is 0.817 bits per heavy atom. The molecule has 0 N–H and O–H groups in total. The van der Waals surface area contributed by atoms with Crippen molar-refractivity contribution in [2.24, 2.45) is 0 Å². The molecule has 0 amide bonds. The molecule has 0 atom stereocenters. The first kappa shape index (κ1) is 40.7. The average molecular weight is 914 g/mol. The molecule has 0 aliphatic carbocycles. The van der Waals surface area contributed by atoms with E-state index in [0.717, 1.165) is 116 Å². The standard InChI is InChI=1S/C64H43N5O2/c1-38-26-29-55-46(32-38)43-20-10-13-23-52(43)67(55)58-37-59(68-53-24-14-11-21-44(53)47-33-39(2)27-30-56(47)68)63-61(62(58)69-54-25-15-12-22-45(54)48-34-40(3)28-31-57(48)69)49(35-60(70)71-63)51-36-50(41-16-6-4-7-17-41)65-64(66-51)42-18-8-5-9-19-42/h4-37H,1-3H3. The predicted octanol–water partition coefficient (Wildman–Crippen LogP) is 15.8. The Bertz CT molecular complexity index is 4520. The third-order valence-electron chi connectivity index (χ3n) is 14.2. The molecule has 7 heteroatoms. The molecule has 5 aromatic heterocycles. The number of benzene rings is 9. The molecule has 7 nitrogen and oxygen atoms in total. The van der Waals surface area contributed by atoms with Crippen molar-refractivity contribution in [2.75, 3.05) is 0 Å². The van der Waals surface area contributed by atoms with Crippen LogP contribution in [0, 0.1) is 20.8 Å². The molecule has 0 aliphatic rings. The van der Waals surface area contributed by atoms with Gasteiger partial charge in [-0.2, -0.15) is 0 Å². The Balaban J connectivity index is 1.26. The van der Waals surface area contributed by atoms with Crippen LogP contribution in [-0.4, -0.2) is 23.7 Å². The lowest BCUT2D eigenvalue weighted by Gasteiger charge is -2.23. The van der Waals surface area contributed by atoms with Crippen molar-refractivity contribution in [3.63, 3.8) is 0 Å². The van der Waals surface area contributed by atoms with Crippen LogP contribution in [0.2, 0.25) is 0 Å². The number of hydrogen-bond acceptors (Lipinski definition) is 4. The number of rotatable bonds is 6. The van der Waals surface area contributed by atoms with Crippen molar-refractivity contribution < 1.29 is 4.42 Å². The highest BCUT2D eigenvalue weighted by atomic mass is 16.4. The number of fused-ring (bicyclic) bond motifs is 10. The lowest BCUT2D eigenvalue weighted by molar-refractivity contribution is 0.560. The Kier molecular flexibility index (Phi) is 8.95. The van der Waals surface area contributed by atoms with E-state index in [1.807, 2.05) is 54.6 Å². The van der Waals surface area contributed by atoms with E-state index < -0.39 is 5.63 Å². The number of nitrogens with zero attached hydrogens (tertiary/aromatic N) is 5. The molecular formula is C64H43N5O2. The molecule has 0 bridgehead atoms. The maximum Gasteiger partial charge on any atom is 0.336 e. The van der Waals surface area contributed by atoms with Crippen molar-refractivity contribution in [3.8, 4) is 51.0 Å². The summed E-state index contributed by atoms with van der Waals surface area (Å²) in [7, 11) is 0. The molecule has 0 saturated heterocycles. The number of aromatic nitrogens is 5. The summed E-state index contributed by atoms with van der Waals surface area (Å²) in [5, 5.41) is 7.46. The Morgan fingerprint density at radius 3 is 1.37 bits per heavy atom. The second-order valence-corrected chi connectivity index (χ2v) is 18.8. The Morgan fingerprint density at radius 1 is 0.380 bits per heavy atom. The summed E-state index contributed by atoms with van der Waals surface area (Å²) < 4.78 is 13.9. The largest absolute Gasteiger partial charge is 0.420 e. The zero-order valence-electron chi connectivity index (χ0n) is 39.2. The molecule has 14 rings (SSSR count). The number of para-hydroxylation sites is 3. The summed E-state index contributed by atoms with van der Waals surface area (Å²) in [5.74, 6) is 0.546. The highest BCUT2D eigenvalue weighted by molar-refractivity contribution is 6.17. The fourth-order valence-electron chi connectivity index (χ4n) is 11.1. The van der Waals surface area contributed by atoms with Crippen LogP contribution in [0.5, 0.6) is 0 Å². The molecule has 0 unspecified atom stereocenters. The molecule has 0 radical (unpaired) electrons. The van der Waals surface area contributed by atoms with Crippen LogP contribution >= 0.6 is 0 Å². The summed E-state index contributed by atoms with van der Waals surface area (Å²) in [5.41, 5.74) is 15.8. The molecule has 71 heavy (non-hydrogen) atoms. The van der Waals surface area contributed by atoms with Gasteiger partial charge in [-0.05, 0) is 87.5 Å². The third-order valence-corrected chi connectivity index (χ3v) is 14.2. The van der Waals surface area contributed by atoms with Gasteiger partial charge < -0.3 is 18.1 Å². The highest BCUT2D eigenvalue weighted by Crippen LogP contribution is 2.47. The average Bonchev–Trinajstić information content (AvgIpc) is 4.03. The SMILES string of the molecule is Cc1ccc2c(c1)c1ccccc1n2-c1cc(-n2c3ccccc3c3cc(C)ccc32)c2oc(=O)cc(-c3cc(-c4ccccc4)nc(-c4ccccc4)n3)c2c1-n1c2ccccc2c2cc(C)ccc21. The normalized spacial score (nSPS) is 11.9. The first-order valence-electron chi connectivity index (χ1n) is 24.0. The molecular weight excluding hydrogens is 871 g/mol. The minimum absolute atomic E-state index is 0.435. The Hall–Kier alpha value is -9.33. The van der Waals surface area contributed by atoms with Crippen LogP contribution in [-0.2, 0) is 0 Å². The van der Waals surface area contributed by atoms with Crippen molar-refractivity contribution >= 4 is 76.4 Å². The summed E-state index contributed by atoms with van der Waals surface area (Å²) in [6, 6.07) is 71.9. The van der Waals surface area contributed by atoms with Gasteiger partial charge in [-0.1, -0.05) is 150 Å². The minimum atomic E-state index is -0.490. The first-order valence-corrected chi connectivity index (χ1v) is 24.0. The van der Waals surface area contributed by atoms with Crippen LogP contribution in [0.4, 0.5) is 0 Å². The van der Waals surface area contributed by atoms with Crippen LogP contribution < -0.4 is 5.63 Å². The van der Waals surface area contributed by atoms with Crippen LogP contribution in [0.15, 0.2) is 215 Å². The van der Waals surface area contributed by atoms with Gasteiger partial charge in [0.15, 0.2) is 11.4 Å². The number of aryl methyl sites for hydroxylation is 3. The highest BCUT2D eigenvalue weighted by Gasteiger charge is 2.29. The van der Waals surface area contributed by atoms with Crippen molar-refractivity contribution in [1.82, 2.24) is 23.7 Å². The van der Waals surface area contributed by atoms with Crippen molar-refractivity contribution in [3.05, 3.63) is 233 Å². The molecule has 0 fully saturated rings. The van der Waals surface area contributed by atoms with E-state index in [-0.39, 0.29) is 0 Å². The molecule has 9 aromatic carbocycles. The van der Waals surface area contributed by atoms with E-state index in [0.29, 0.717) is 22.7 Å². The fourth-order valence-corrected chi connectivity index (χ4v) is 11.1. The van der Waals surface area contributed by atoms with E-state index in [4.69, 9.17) is 14.4 Å². The quantitative estimate of drug-likeness (QED) is 0.156. The van der Waals surface area contributed by atoms with Crippen molar-refractivity contribution in [1.29, 1.82) is 0 Å². The van der Waals surface area contributed by atoms with Crippen molar-refractivity contribution in [2.45, 2.75) is 20.8 Å². The van der Waals surface area contributed by atoms with Gasteiger partial charge in [0, 0.05) is 55.1 Å². The summed E-state index contributed by atoms with van der Waals surface area (Å²) in [4.78, 5) is 25.4. The summed E-state index contributed by atoms with van der Waals surface area (Å²) in [6.45, 7) is 6.43. The van der Waals surface area contributed by atoms with E-state index >= 15 is 0 Å². The van der Waals surface area contributed by atoms with Gasteiger partial charge in [0.25, 0.3) is 0 Å². The maximum atomic E-state index is 14.8. The molecule has 0 aliphatic heterocycles. The zero-order chi connectivity index (χ0) is 47.5. The molecule has 5 heterocycles. The zero-order valence-corrected chi connectivity index (χ0v) is 39.2. The van der Waals surface area contributed by atoms with E-state index in [9.17, 15) is 4.79 Å². The van der Waals surface area contributed by atoms with Gasteiger partial charge in [-0.25, -0.2) is 14.8 Å². The second-order valence-electron chi connectivity index (χ2n) is 18.8. The smallest absolute Gasteiger partial charge is 0.336 e. The minimum Gasteiger partial charge on any atom is -0.420 e. The van der Waals surface area contributed by atoms with Crippen LogP contribution in [0.25, 0.3) is 127 Å². The van der Waals surface area contributed by atoms with Gasteiger partial charge in [0.05, 0.1) is 66.9 Å². The van der Waals surface area contributed by atoms with E-state index in [1.165, 1.54) is 5.56 Å². The molecule has 0 saturated carbocycles. The van der Waals surface area contributed by atoms with Gasteiger partial charge in [-0.3, -0.25) is 0 Å². The third kappa shape index (κ3) is 6.26. The lowest BCUT2D eigenvalue weighted by Crippen LogP contribution is -2.11. The van der Waals surface area contributed by atoms with E-state index in [2.05, 4.69) is 180 Å². The second kappa shape index (κ2) is 15.6. The Labute approximate surface area is 407 Å². The van der Waals surface area contributed by atoms with Crippen LogP contribution in [0.3, 0.4) is 0 Å². The lowest BCUT2D eigenvalue weighted by atomic mass is 9.99. The monoisotopic (exact) mass is 913 g/mol. The van der Waals surface area contributed by atoms with Gasteiger partial charge in [0.1, 0.15) is 0 Å². The topological polar surface area (TPSA) is 70.8 Å². The molecule has 14 aromatic rings. The molecule has 336 valence electrons. The van der Waals surface area contributed by atoms with Gasteiger partial charge >= 0.3 is 5.63 Å². The molecule has 0 spiro atoms. The first-order chi connectivity index (χ1) is 34.9.